The SMILES string of the molecule is COc1ccccc1NC(=O)CSc1nc(-c2cccc(C)c2)ns1. The number of nitrogens with one attached hydrogen (secondary N) is 1. The van der Waals surface area contributed by atoms with Crippen molar-refractivity contribution in [3.05, 3.63) is 54.1 Å². The van der Waals surface area contributed by atoms with Gasteiger partial charge in [-0.1, -0.05) is 47.7 Å². The van der Waals surface area contributed by atoms with Gasteiger partial charge < -0.3 is 10.1 Å². The van der Waals surface area contributed by atoms with Crippen LogP contribution in [0.4, 0.5) is 5.69 Å². The molecule has 0 aliphatic carbocycles. The molecule has 0 saturated heterocycles. The number of thioether (sulfide) groups is 1. The molecular weight excluding hydrogens is 354 g/mol. The molecule has 25 heavy (non-hydrogen) atoms. The van der Waals surface area contributed by atoms with Gasteiger partial charge in [-0.05, 0) is 36.7 Å². The van der Waals surface area contributed by atoms with E-state index in [0.29, 0.717) is 17.3 Å². The summed E-state index contributed by atoms with van der Waals surface area (Å²) < 4.78 is 10.4. The van der Waals surface area contributed by atoms with Crippen LogP contribution in [0.25, 0.3) is 11.4 Å². The Bertz CT molecular complexity index is 880. The number of benzene rings is 2. The molecule has 0 aliphatic heterocycles. The standard InChI is InChI=1S/C18H17N3O2S2/c1-12-6-5-7-13(10-12)17-20-18(25-21-17)24-11-16(22)19-14-8-3-4-9-15(14)23-2/h3-10H,11H2,1-2H3,(H,19,22). The molecule has 0 aliphatic rings. The molecule has 0 spiro atoms. The number of carbonyl (C=O) groups excluding carboxylic acids is 1. The quantitative estimate of drug-likeness (QED) is 0.656. The van der Waals surface area contributed by atoms with E-state index in [9.17, 15) is 4.79 Å². The van der Waals surface area contributed by atoms with Crippen LogP contribution < -0.4 is 10.1 Å². The number of hydrogen-bond donors (Lipinski definition) is 1. The van der Waals surface area contributed by atoms with Crippen LogP contribution in [0.15, 0.2) is 52.9 Å². The number of hydrogen-bond acceptors (Lipinski definition) is 6. The predicted molar refractivity (Wildman–Crippen MR) is 102 cm³/mol. The van der Waals surface area contributed by atoms with E-state index in [1.807, 2.05) is 55.5 Å². The zero-order valence-corrected chi connectivity index (χ0v) is 15.5. The second-order valence-corrected chi connectivity index (χ2v) is 7.26. The summed E-state index contributed by atoms with van der Waals surface area (Å²) in [4.78, 5) is 16.6. The van der Waals surface area contributed by atoms with Gasteiger partial charge in [-0.3, -0.25) is 4.79 Å². The first-order valence-corrected chi connectivity index (χ1v) is 9.38. The van der Waals surface area contributed by atoms with Gasteiger partial charge in [-0.25, -0.2) is 4.98 Å². The second kappa shape index (κ2) is 8.13. The Balaban J connectivity index is 1.59. The number of anilines is 1. The Labute approximate surface area is 154 Å². The van der Waals surface area contributed by atoms with Gasteiger partial charge in [0, 0.05) is 5.56 Å². The minimum Gasteiger partial charge on any atom is -0.495 e. The van der Waals surface area contributed by atoms with Crippen LogP contribution in [0, 0.1) is 6.92 Å². The molecule has 0 radical (unpaired) electrons. The summed E-state index contributed by atoms with van der Waals surface area (Å²) in [6, 6.07) is 15.4. The van der Waals surface area contributed by atoms with Crippen molar-refractivity contribution < 1.29 is 9.53 Å². The molecule has 0 unspecified atom stereocenters. The maximum absolute atomic E-state index is 12.1. The number of aryl methyl sites for hydroxylation is 1. The third kappa shape index (κ3) is 4.58. The zero-order valence-electron chi connectivity index (χ0n) is 13.9. The van der Waals surface area contributed by atoms with Gasteiger partial charge in [0.15, 0.2) is 10.2 Å². The van der Waals surface area contributed by atoms with Crippen molar-refractivity contribution in [3.8, 4) is 17.1 Å². The molecule has 0 saturated carbocycles. The molecule has 1 heterocycles. The van der Waals surface area contributed by atoms with E-state index in [4.69, 9.17) is 4.74 Å². The molecule has 3 rings (SSSR count). The van der Waals surface area contributed by atoms with E-state index in [1.54, 1.807) is 7.11 Å². The fraction of sp³-hybridized carbons (Fsp3) is 0.167. The third-order valence-electron chi connectivity index (χ3n) is 3.39. The van der Waals surface area contributed by atoms with Crippen molar-refractivity contribution in [2.24, 2.45) is 0 Å². The maximum atomic E-state index is 12.1. The number of methoxy groups -OCH3 is 1. The Morgan fingerprint density at radius 3 is 2.88 bits per heavy atom. The van der Waals surface area contributed by atoms with Gasteiger partial charge >= 0.3 is 0 Å². The van der Waals surface area contributed by atoms with Gasteiger partial charge in [-0.15, -0.1) is 0 Å². The van der Waals surface area contributed by atoms with Crippen LogP contribution in [0.2, 0.25) is 0 Å². The van der Waals surface area contributed by atoms with Crippen LogP contribution >= 0.6 is 23.3 Å². The van der Waals surface area contributed by atoms with Crippen molar-refractivity contribution in [2.75, 3.05) is 18.2 Å². The van der Waals surface area contributed by atoms with Crippen molar-refractivity contribution in [3.63, 3.8) is 0 Å². The molecule has 0 atom stereocenters. The van der Waals surface area contributed by atoms with Crippen molar-refractivity contribution in [2.45, 2.75) is 11.3 Å². The topological polar surface area (TPSA) is 64.1 Å². The van der Waals surface area contributed by atoms with Gasteiger partial charge in [-0.2, -0.15) is 4.37 Å². The second-order valence-electron chi connectivity index (χ2n) is 5.29. The summed E-state index contributed by atoms with van der Waals surface area (Å²) in [7, 11) is 1.58. The Morgan fingerprint density at radius 2 is 2.08 bits per heavy atom. The van der Waals surface area contributed by atoms with Crippen LogP contribution in [-0.4, -0.2) is 28.1 Å². The van der Waals surface area contributed by atoms with E-state index < -0.39 is 0 Å². The van der Waals surface area contributed by atoms with Gasteiger partial charge in [0.25, 0.3) is 0 Å². The number of rotatable bonds is 6. The van der Waals surface area contributed by atoms with Crippen molar-refractivity contribution in [1.82, 2.24) is 9.36 Å². The largest absolute Gasteiger partial charge is 0.495 e. The summed E-state index contributed by atoms with van der Waals surface area (Å²) in [5.74, 6) is 1.49. The molecule has 7 heteroatoms. The minimum atomic E-state index is -0.109. The Hall–Kier alpha value is -2.38. The summed E-state index contributed by atoms with van der Waals surface area (Å²) in [5.41, 5.74) is 2.81. The number of carbonyl (C=O) groups is 1. The van der Waals surface area contributed by atoms with Crippen LogP contribution in [-0.2, 0) is 4.79 Å². The molecule has 3 aromatic rings. The zero-order chi connectivity index (χ0) is 17.6. The molecule has 1 amide bonds. The Morgan fingerprint density at radius 1 is 1.24 bits per heavy atom. The molecular formula is C18H17N3O2S2. The normalized spacial score (nSPS) is 10.5. The highest BCUT2D eigenvalue weighted by atomic mass is 32.2. The molecule has 0 fully saturated rings. The number of ether oxygens (including phenoxy) is 1. The smallest absolute Gasteiger partial charge is 0.234 e. The predicted octanol–water partition coefficient (Wildman–Crippen LogP) is 4.25. The van der Waals surface area contributed by atoms with Crippen LogP contribution in [0.1, 0.15) is 5.56 Å². The molecule has 2 aromatic carbocycles. The first kappa shape index (κ1) is 17.4. The highest BCUT2D eigenvalue weighted by Crippen LogP contribution is 2.27. The molecule has 5 nitrogen and oxygen atoms in total. The lowest BCUT2D eigenvalue weighted by Gasteiger charge is -2.08. The minimum absolute atomic E-state index is 0.109. The van der Waals surface area contributed by atoms with Crippen molar-refractivity contribution in [1.29, 1.82) is 0 Å². The lowest BCUT2D eigenvalue weighted by Crippen LogP contribution is -2.14. The van der Waals surface area contributed by atoms with E-state index >= 15 is 0 Å². The fourth-order valence-corrected chi connectivity index (χ4v) is 3.65. The van der Waals surface area contributed by atoms with E-state index in [1.165, 1.54) is 23.3 Å². The van der Waals surface area contributed by atoms with E-state index in [2.05, 4.69) is 14.7 Å². The van der Waals surface area contributed by atoms with Gasteiger partial charge in [0.2, 0.25) is 5.91 Å². The molecule has 0 bridgehead atoms. The number of aromatic nitrogens is 2. The fourth-order valence-electron chi connectivity index (χ4n) is 2.23. The Kier molecular flexibility index (Phi) is 5.67. The summed E-state index contributed by atoms with van der Waals surface area (Å²) in [5, 5.41) is 2.85. The monoisotopic (exact) mass is 371 g/mol. The lowest BCUT2D eigenvalue weighted by molar-refractivity contribution is -0.113. The highest BCUT2D eigenvalue weighted by molar-refractivity contribution is 8.01. The average molecular weight is 371 g/mol. The molecule has 1 N–H and O–H groups in total. The summed E-state index contributed by atoms with van der Waals surface area (Å²) >= 11 is 2.68. The highest BCUT2D eigenvalue weighted by Gasteiger charge is 2.11. The first-order chi connectivity index (χ1) is 12.2. The maximum Gasteiger partial charge on any atom is 0.234 e. The molecule has 1 aromatic heterocycles. The number of para-hydroxylation sites is 2. The molecule has 128 valence electrons. The third-order valence-corrected chi connectivity index (χ3v) is 5.23. The van der Waals surface area contributed by atoms with E-state index in [-0.39, 0.29) is 11.7 Å². The first-order valence-electron chi connectivity index (χ1n) is 7.62. The lowest BCUT2D eigenvalue weighted by atomic mass is 10.1. The summed E-state index contributed by atoms with van der Waals surface area (Å²) in [6.07, 6.45) is 0. The van der Waals surface area contributed by atoms with E-state index in [0.717, 1.165) is 15.5 Å². The number of nitrogens with zero attached hydrogens (tertiary/aromatic N) is 2. The van der Waals surface area contributed by atoms with Crippen LogP contribution in [0.3, 0.4) is 0 Å². The van der Waals surface area contributed by atoms with Gasteiger partial charge in [0.1, 0.15) is 5.75 Å². The van der Waals surface area contributed by atoms with Gasteiger partial charge in [0.05, 0.1) is 18.6 Å². The number of amides is 1. The van der Waals surface area contributed by atoms with Crippen molar-refractivity contribution >= 4 is 34.9 Å². The average Bonchev–Trinajstić information content (AvgIpc) is 3.09. The van der Waals surface area contributed by atoms with Crippen LogP contribution in [0.5, 0.6) is 5.75 Å². The summed E-state index contributed by atoms with van der Waals surface area (Å²) in [6.45, 7) is 2.04.